The molecule has 1 heterocycles. The van der Waals surface area contributed by atoms with Crippen molar-refractivity contribution in [1.29, 1.82) is 0 Å². The molecule has 0 fully saturated rings. The van der Waals surface area contributed by atoms with Crippen LogP contribution in [0.1, 0.15) is 32.3 Å². The van der Waals surface area contributed by atoms with E-state index < -0.39 is 6.03 Å². The summed E-state index contributed by atoms with van der Waals surface area (Å²) in [6.07, 6.45) is 2.11. The second-order valence-corrected chi connectivity index (χ2v) is 7.93. The van der Waals surface area contributed by atoms with Crippen molar-refractivity contribution < 1.29 is 14.3 Å². The molecule has 154 valence electrons. The summed E-state index contributed by atoms with van der Waals surface area (Å²) in [5, 5.41) is 6.09. The Hall–Kier alpha value is -2.73. The first kappa shape index (κ1) is 21.0. The van der Waals surface area contributed by atoms with Gasteiger partial charge in [0.05, 0.1) is 12.8 Å². The maximum atomic E-state index is 12.4. The van der Waals surface area contributed by atoms with Crippen LogP contribution in [0.4, 0.5) is 21.9 Å². The summed E-state index contributed by atoms with van der Waals surface area (Å²) in [6.45, 7) is 5.01. The van der Waals surface area contributed by atoms with E-state index in [4.69, 9.17) is 16.3 Å². The molecule has 0 aliphatic carbocycles. The number of methoxy groups -OCH3 is 1. The van der Waals surface area contributed by atoms with Crippen LogP contribution in [0.25, 0.3) is 0 Å². The summed E-state index contributed by atoms with van der Waals surface area (Å²) in [7, 11) is 1.53. The van der Waals surface area contributed by atoms with Crippen LogP contribution in [0, 0.1) is 5.92 Å². The number of fused-ring (bicyclic) bond motifs is 1. The molecular formula is C22H26ClN3O3. The fourth-order valence-electron chi connectivity index (χ4n) is 3.33. The van der Waals surface area contributed by atoms with Gasteiger partial charge in [-0.05, 0) is 60.7 Å². The van der Waals surface area contributed by atoms with Gasteiger partial charge in [-0.25, -0.2) is 4.79 Å². The normalized spacial score (nSPS) is 13.3. The minimum atomic E-state index is -0.394. The van der Waals surface area contributed by atoms with Crippen molar-refractivity contribution in [2.24, 2.45) is 5.92 Å². The van der Waals surface area contributed by atoms with Crippen molar-refractivity contribution in [2.75, 3.05) is 29.2 Å². The zero-order valence-corrected chi connectivity index (χ0v) is 17.7. The smallest absolute Gasteiger partial charge is 0.323 e. The Morgan fingerprint density at radius 1 is 1.17 bits per heavy atom. The van der Waals surface area contributed by atoms with Gasteiger partial charge in [-0.1, -0.05) is 25.4 Å². The van der Waals surface area contributed by atoms with Gasteiger partial charge in [0.1, 0.15) is 5.75 Å². The minimum Gasteiger partial charge on any atom is -0.495 e. The van der Waals surface area contributed by atoms with Crippen LogP contribution in [0.3, 0.4) is 0 Å². The van der Waals surface area contributed by atoms with Crippen LogP contribution in [0.5, 0.6) is 5.75 Å². The van der Waals surface area contributed by atoms with Gasteiger partial charge in [-0.3, -0.25) is 4.79 Å². The van der Waals surface area contributed by atoms with Gasteiger partial charge < -0.3 is 20.3 Å². The lowest BCUT2D eigenvalue weighted by molar-refractivity contribution is -0.118. The van der Waals surface area contributed by atoms with Crippen LogP contribution >= 0.6 is 11.6 Å². The minimum absolute atomic E-state index is 0.157. The van der Waals surface area contributed by atoms with E-state index >= 15 is 0 Å². The molecule has 2 N–H and O–H groups in total. The fraction of sp³-hybridized carbons (Fsp3) is 0.364. The molecule has 29 heavy (non-hydrogen) atoms. The summed E-state index contributed by atoms with van der Waals surface area (Å²) < 4.78 is 5.25. The molecule has 0 atom stereocenters. The zero-order chi connectivity index (χ0) is 21.0. The molecular weight excluding hydrogens is 390 g/mol. The van der Waals surface area contributed by atoms with Crippen LogP contribution in [-0.4, -0.2) is 25.6 Å². The average molecular weight is 416 g/mol. The predicted octanol–water partition coefficient (Wildman–Crippen LogP) is 5.32. The Morgan fingerprint density at radius 3 is 2.69 bits per heavy atom. The quantitative estimate of drug-likeness (QED) is 0.670. The van der Waals surface area contributed by atoms with Crippen LogP contribution < -0.4 is 20.3 Å². The van der Waals surface area contributed by atoms with E-state index in [-0.39, 0.29) is 5.91 Å². The Bertz CT molecular complexity index is 914. The average Bonchev–Trinajstić information content (AvgIpc) is 2.67. The molecule has 6 nitrogen and oxygen atoms in total. The number of hydrogen-bond acceptors (Lipinski definition) is 3. The van der Waals surface area contributed by atoms with E-state index in [0.29, 0.717) is 47.5 Å². The third kappa shape index (κ3) is 5.21. The molecule has 0 unspecified atom stereocenters. The molecule has 0 aromatic heterocycles. The van der Waals surface area contributed by atoms with Crippen molar-refractivity contribution >= 4 is 40.6 Å². The lowest BCUT2D eigenvalue weighted by Gasteiger charge is -2.30. The lowest BCUT2D eigenvalue weighted by Crippen LogP contribution is -2.36. The number of ether oxygens (including phenoxy) is 1. The van der Waals surface area contributed by atoms with E-state index in [1.54, 1.807) is 18.2 Å². The predicted molar refractivity (Wildman–Crippen MR) is 117 cm³/mol. The third-order valence-electron chi connectivity index (χ3n) is 4.88. The number of carbonyl (C=O) groups is 2. The van der Waals surface area contributed by atoms with Gasteiger partial charge in [0.15, 0.2) is 0 Å². The highest BCUT2D eigenvalue weighted by Crippen LogP contribution is 2.31. The monoisotopic (exact) mass is 415 g/mol. The SMILES string of the molecule is COc1ccc(Cl)cc1NC(=O)Nc1ccc2c(c1)CCC(=O)N2CCC(C)C. The van der Waals surface area contributed by atoms with E-state index in [2.05, 4.69) is 24.5 Å². The Labute approximate surface area is 176 Å². The molecule has 1 aliphatic heterocycles. The van der Waals surface area contributed by atoms with Gasteiger partial charge in [0.2, 0.25) is 5.91 Å². The van der Waals surface area contributed by atoms with Crippen molar-refractivity contribution in [3.63, 3.8) is 0 Å². The summed E-state index contributed by atoms with van der Waals surface area (Å²) in [4.78, 5) is 26.6. The number of rotatable bonds is 6. The molecule has 2 aromatic carbocycles. The van der Waals surface area contributed by atoms with Crippen LogP contribution in [0.15, 0.2) is 36.4 Å². The number of nitrogens with one attached hydrogen (secondary N) is 2. The highest BCUT2D eigenvalue weighted by molar-refractivity contribution is 6.31. The number of urea groups is 1. The molecule has 1 aliphatic rings. The van der Waals surface area contributed by atoms with Crippen molar-refractivity contribution in [3.8, 4) is 5.75 Å². The highest BCUT2D eigenvalue weighted by atomic mass is 35.5. The van der Waals surface area contributed by atoms with Gasteiger partial charge in [-0.2, -0.15) is 0 Å². The number of carbonyl (C=O) groups excluding carboxylic acids is 2. The summed E-state index contributed by atoms with van der Waals surface area (Å²) in [5.41, 5.74) is 3.15. The van der Waals surface area contributed by atoms with Gasteiger partial charge in [0.25, 0.3) is 0 Å². The molecule has 3 amide bonds. The fourth-order valence-corrected chi connectivity index (χ4v) is 3.50. The van der Waals surface area contributed by atoms with E-state index in [9.17, 15) is 9.59 Å². The van der Waals surface area contributed by atoms with Crippen molar-refractivity contribution in [2.45, 2.75) is 33.1 Å². The molecule has 2 aromatic rings. The lowest BCUT2D eigenvalue weighted by atomic mass is 9.99. The van der Waals surface area contributed by atoms with E-state index in [0.717, 1.165) is 17.7 Å². The number of halogens is 1. The number of hydrogen-bond donors (Lipinski definition) is 2. The first-order valence-corrected chi connectivity index (χ1v) is 10.1. The number of benzene rings is 2. The Kier molecular flexibility index (Phi) is 6.64. The van der Waals surface area contributed by atoms with Gasteiger partial charge in [0, 0.05) is 29.4 Å². The molecule has 3 rings (SSSR count). The van der Waals surface area contributed by atoms with Crippen LogP contribution in [0.2, 0.25) is 5.02 Å². The number of nitrogens with zero attached hydrogens (tertiary/aromatic N) is 1. The van der Waals surface area contributed by atoms with Gasteiger partial charge >= 0.3 is 6.03 Å². The molecule has 7 heteroatoms. The zero-order valence-electron chi connectivity index (χ0n) is 16.9. The second kappa shape index (κ2) is 9.18. The number of anilines is 3. The molecule has 0 saturated heterocycles. The Morgan fingerprint density at radius 2 is 1.97 bits per heavy atom. The maximum Gasteiger partial charge on any atom is 0.323 e. The van der Waals surface area contributed by atoms with Crippen molar-refractivity contribution in [3.05, 3.63) is 47.0 Å². The summed E-state index contributed by atoms with van der Waals surface area (Å²) >= 11 is 6.01. The van der Waals surface area contributed by atoms with E-state index in [1.807, 2.05) is 23.1 Å². The maximum absolute atomic E-state index is 12.4. The van der Waals surface area contributed by atoms with E-state index in [1.165, 1.54) is 7.11 Å². The first-order valence-electron chi connectivity index (χ1n) is 9.72. The highest BCUT2D eigenvalue weighted by Gasteiger charge is 2.24. The van der Waals surface area contributed by atoms with Crippen LogP contribution in [-0.2, 0) is 11.2 Å². The van der Waals surface area contributed by atoms with Crippen molar-refractivity contribution in [1.82, 2.24) is 0 Å². The largest absolute Gasteiger partial charge is 0.495 e. The number of amides is 3. The molecule has 0 spiro atoms. The molecule has 0 saturated carbocycles. The second-order valence-electron chi connectivity index (χ2n) is 7.50. The first-order chi connectivity index (χ1) is 13.9. The topological polar surface area (TPSA) is 70.7 Å². The third-order valence-corrected chi connectivity index (χ3v) is 5.11. The summed E-state index contributed by atoms with van der Waals surface area (Å²) in [5.74, 6) is 1.21. The van der Waals surface area contributed by atoms with Gasteiger partial charge in [-0.15, -0.1) is 0 Å². The summed E-state index contributed by atoms with van der Waals surface area (Å²) in [6, 6.07) is 10.3. The molecule has 0 radical (unpaired) electrons. The molecule has 0 bridgehead atoms. The Balaban J connectivity index is 1.72. The number of aryl methyl sites for hydroxylation is 1. The standard InChI is InChI=1S/C22H26ClN3O3/c1-14(2)10-11-26-19-7-6-17(12-15(19)4-9-21(26)27)24-22(28)25-18-13-16(23)5-8-20(18)29-3/h5-8,12-14H,4,9-11H2,1-3H3,(H2,24,25,28).